The number of hydrogen-bond donors (Lipinski definition) is 1. The van der Waals surface area contributed by atoms with Crippen molar-refractivity contribution in [3.8, 4) is 34.9 Å². The fourth-order valence-electron chi connectivity index (χ4n) is 5.63. The third kappa shape index (κ3) is 13.7. The van der Waals surface area contributed by atoms with Crippen molar-refractivity contribution in [2.24, 2.45) is 0 Å². The molecule has 1 amide bonds. The Hall–Kier alpha value is -4.77. The molecule has 0 atom stereocenters. The van der Waals surface area contributed by atoms with Crippen LogP contribution >= 0.6 is 81.2 Å². The highest BCUT2D eigenvalue weighted by Crippen LogP contribution is 2.44. The van der Waals surface area contributed by atoms with Gasteiger partial charge in [-0.2, -0.15) is 48.9 Å². The number of amides is 1. The van der Waals surface area contributed by atoms with E-state index in [1.54, 1.807) is 24.8 Å². The van der Waals surface area contributed by atoms with E-state index in [0.29, 0.717) is 36.6 Å². The van der Waals surface area contributed by atoms with Gasteiger partial charge in [0, 0.05) is 42.7 Å². The van der Waals surface area contributed by atoms with Gasteiger partial charge in [0.05, 0.1) is 52.5 Å². The number of H-pyrrole nitrogens is 1. The first-order valence-electron chi connectivity index (χ1n) is 18.4. The average molecular weight is 1090 g/mol. The van der Waals surface area contributed by atoms with E-state index >= 15 is 0 Å². The minimum atomic E-state index is -4.59. The Bertz CT molecular complexity index is 2720. The molecule has 7 rings (SSSR count). The van der Waals surface area contributed by atoms with Crippen LogP contribution in [0.3, 0.4) is 0 Å². The zero-order chi connectivity index (χ0) is 49.9. The van der Waals surface area contributed by atoms with E-state index in [4.69, 9.17) is 95.4 Å². The van der Waals surface area contributed by atoms with Gasteiger partial charge in [0.15, 0.2) is 17.2 Å². The van der Waals surface area contributed by atoms with Gasteiger partial charge in [-0.3, -0.25) is 9.89 Å². The molecular formula is C39H27Cl7F9N7O5. The number of nitrogens with zero attached hydrogens (tertiary/aromatic N) is 6. The number of rotatable bonds is 6. The van der Waals surface area contributed by atoms with E-state index in [2.05, 4.69) is 20.4 Å². The van der Waals surface area contributed by atoms with Gasteiger partial charge in [-0.1, -0.05) is 69.6 Å². The Labute approximate surface area is 407 Å². The van der Waals surface area contributed by atoms with Crippen molar-refractivity contribution in [1.82, 2.24) is 34.7 Å². The molecule has 1 N–H and O–H groups in total. The standard InChI is InChI=1S/C16H14Cl2F3N3O2.C12H6Cl3F3N2O2.C11H7Cl2F3N2O/c1-9-6-13(22-24(9)15(25)23-4-2-3-5-23)26-14-11(17)7-10(8-12(14)18)16(19,20)21;1-5-2-9(19-20(5)11(15)21)22-10-7(13)3-6(4-8(10)14)12(16,17)18;1-5-2-9(18-17-5)19-10-7(12)3-6(4-8(10)13)11(14,15)16/h6-8H,2-5H2,1H3;2-4H,1H3;2-4H,1H3,(H,17,18). The van der Waals surface area contributed by atoms with Crippen LogP contribution in [0.2, 0.25) is 30.1 Å². The highest BCUT2D eigenvalue weighted by atomic mass is 35.5. The Morgan fingerprint density at radius 2 is 0.866 bits per heavy atom. The molecule has 0 bridgehead atoms. The Kier molecular flexibility index (Phi) is 16.9. The smallest absolute Gasteiger partial charge is 0.416 e. The molecule has 67 heavy (non-hydrogen) atoms. The van der Waals surface area contributed by atoms with Gasteiger partial charge in [-0.15, -0.1) is 15.3 Å². The normalized spacial score (nSPS) is 12.9. The maximum atomic E-state index is 12.8. The minimum Gasteiger partial charge on any atom is -0.434 e. The molecular weight excluding hydrogens is 1070 g/mol. The topological polar surface area (TPSA) is 129 Å². The lowest BCUT2D eigenvalue weighted by molar-refractivity contribution is -0.138. The number of halogens is 16. The molecule has 1 fully saturated rings. The summed E-state index contributed by atoms with van der Waals surface area (Å²) in [6.45, 7) is 6.27. The minimum absolute atomic E-state index is 0.0126. The number of nitrogens with one attached hydrogen (secondary N) is 1. The van der Waals surface area contributed by atoms with Crippen LogP contribution in [0.1, 0.15) is 46.6 Å². The van der Waals surface area contributed by atoms with Crippen LogP contribution in [0.15, 0.2) is 54.6 Å². The number of aromatic nitrogens is 6. The van der Waals surface area contributed by atoms with Crippen molar-refractivity contribution >= 4 is 92.6 Å². The van der Waals surface area contributed by atoms with Gasteiger partial charge in [-0.25, -0.2) is 4.79 Å². The second-order valence-electron chi connectivity index (χ2n) is 13.8. The fraction of sp³-hybridized carbons (Fsp3) is 0.256. The summed E-state index contributed by atoms with van der Waals surface area (Å²) < 4.78 is 132. The first kappa shape index (κ1) is 53.2. The van der Waals surface area contributed by atoms with Gasteiger partial charge >= 0.3 is 29.9 Å². The van der Waals surface area contributed by atoms with Crippen LogP contribution in [0, 0.1) is 20.8 Å². The predicted octanol–water partition coefficient (Wildman–Crippen LogP) is 15.7. The number of alkyl halides is 9. The summed E-state index contributed by atoms with van der Waals surface area (Å²) in [6.07, 6.45) is -11.8. The highest BCUT2D eigenvalue weighted by Gasteiger charge is 2.35. The third-order valence-corrected chi connectivity index (χ3v) is 10.6. The molecule has 1 saturated heterocycles. The molecule has 3 aromatic heterocycles. The molecule has 0 radical (unpaired) electrons. The fourth-order valence-corrected chi connectivity index (χ4v) is 7.49. The van der Waals surface area contributed by atoms with Crippen molar-refractivity contribution in [2.45, 2.75) is 52.1 Å². The number of benzene rings is 3. The molecule has 1 aliphatic rings. The number of hydrogen-bond acceptors (Lipinski definition) is 8. The summed E-state index contributed by atoms with van der Waals surface area (Å²) in [7, 11) is 0. The molecule has 0 spiro atoms. The van der Waals surface area contributed by atoms with Crippen molar-refractivity contribution in [3.63, 3.8) is 0 Å². The van der Waals surface area contributed by atoms with E-state index < -0.39 is 40.6 Å². The number of carbonyl (C=O) groups is 2. The predicted molar refractivity (Wildman–Crippen MR) is 230 cm³/mol. The number of carbonyl (C=O) groups excluding carboxylic acids is 2. The SMILES string of the molecule is Cc1cc(Oc2c(Cl)cc(C(F)(F)F)cc2Cl)n[nH]1.Cc1cc(Oc2c(Cl)cc(C(F)(F)F)cc2Cl)nn1C(=O)Cl.Cc1cc(Oc2c(Cl)cc(C(F)(F)F)cc2Cl)nn1C(=O)N1CCCC1. The summed E-state index contributed by atoms with van der Waals surface area (Å²) >= 11 is 40.1. The molecule has 0 saturated carbocycles. The quantitative estimate of drug-likeness (QED) is 0.129. The monoisotopic (exact) mass is 1090 g/mol. The Morgan fingerprint density at radius 1 is 0.537 bits per heavy atom. The molecule has 28 heteroatoms. The van der Waals surface area contributed by atoms with Crippen LogP contribution in [0.5, 0.6) is 34.9 Å². The highest BCUT2D eigenvalue weighted by molar-refractivity contribution is 6.63. The van der Waals surface area contributed by atoms with Crippen LogP contribution in [0.25, 0.3) is 0 Å². The summed E-state index contributed by atoms with van der Waals surface area (Å²) in [6, 6.07) is 8.43. The third-order valence-electron chi connectivity index (χ3n) is 8.73. The van der Waals surface area contributed by atoms with Crippen LogP contribution in [-0.2, 0) is 18.5 Å². The van der Waals surface area contributed by atoms with E-state index in [-0.39, 0.29) is 71.1 Å². The molecule has 3 aromatic carbocycles. The molecule has 1 aliphatic heterocycles. The van der Waals surface area contributed by atoms with Crippen LogP contribution in [0.4, 0.5) is 49.1 Å². The van der Waals surface area contributed by atoms with Gasteiger partial charge in [-0.05, 0) is 81.6 Å². The van der Waals surface area contributed by atoms with Gasteiger partial charge < -0.3 is 19.1 Å². The lowest BCUT2D eigenvalue weighted by atomic mass is 10.2. The molecule has 0 unspecified atom stereocenters. The number of aryl methyl sites for hydroxylation is 3. The van der Waals surface area contributed by atoms with Crippen LogP contribution < -0.4 is 14.2 Å². The lowest BCUT2D eigenvalue weighted by Crippen LogP contribution is -2.33. The van der Waals surface area contributed by atoms with Crippen molar-refractivity contribution in [1.29, 1.82) is 0 Å². The van der Waals surface area contributed by atoms with Crippen molar-refractivity contribution < 1.29 is 63.3 Å². The van der Waals surface area contributed by atoms with E-state index in [9.17, 15) is 49.1 Å². The summed E-state index contributed by atoms with van der Waals surface area (Å²) in [4.78, 5) is 25.1. The molecule has 4 heterocycles. The number of aromatic amines is 1. The Morgan fingerprint density at radius 3 is 1.16 bits per heavy atom. The number of ether oxygens (including phenoxy) is 3. The summed E-state index contributed by atoms with van der Waals surface area (Å²) in [5, 5.41) is 11.6. The largest absolute Gasteiger partial charge is 0.434 e. The summed E-state index contributed by atoms with van der Waals surface area (Å²) in [5.41, 5.74) is -1.30. The van der Waals surface area contributed by atoms with E-state index in [1.807, 2.05) is 0 Å². The zero-order valence-corrected chi connectivity index (χ0v) is 39.1. The maximum Gasteiger partial charge on any atom is 0.416 e. The molecule has 12 nitrogen and oxygen atoms in total. The first-order chi connectivity index (χ1) is 31.0. The van der Waals surface area contributed by atoms with Gasteiger partial charge in [0.1, 0.15) is 0 Å². The second kappa shape index (κ2) is 21.3. The Balaban J connectivity index is 0.000000191. The van der Waals surface area contributed by atoms with Gasteiger partial charge in [0.2, 0.25) is 17.6 Å². The van der Waals surface area contributed by atoms with Crippen LogP contribution in [-0.4, -0.2) is 59.1 Å². The second-order valence-corrected chi connectivity index (χ2v) is 16.6. The number of likely N-dealkylation sites (tertiary alicyclic amines) is 1. The van der Waals surface area contributed by atoms with Crippen molar-refractivity contribution in [3.05, 3.63) is 119 Å². The van der Waals surface area contributed by atoms with Gasteiger partial charge in [0.25, 0.3) is 0 Å². The maximum absolute atomic E-state index is 12.8. The average Bonchev–Trinajstić information content (AvgIpc) is 4.03. The lowest BCUT2D eigenvalue weighted by Gasteiger charge is -2.15. The summed E-state index contributed by atoms with van der Waals surface area (Å²) in [5.74, 6) is -0.333. The van der Waals surface area contributed by atoms with E-state index in [1.165, 1.54) is 23.7 Å². The zero-order valence-electron chi connectivity index (χ0n) is 33.8. The molecule has 6 aromatic rings. The molecule has 0 aliphatic carbocycles. The van der Waals surface area contributed by atoms with Crippen molar-refractivity contribution in [2.75, 3.05) is 13.1 Å². The first-order valence-corrected chi connectivity index (χ1v) is 21.0. The van der Waals surface area contributed by atoms with E-state index in [0.717, 1.165) is 47.5 Å². The molecule has 360 valence electrons.